The zero-order valence-electron chi connectivity index (χ0n) is 16.0. The zero-order valence-corrected chi connectivity index (χ0v) is 16.0. The number of nitrogens with zero attached hydrogens (tertiary/aromatic N) is 3. The quantitative estimate of drug-likeness (QED) is 0.619. The van der Waals surface area contributed by atoms with E-state index in [0.29, 0.717) is 11.1 Å². The van der Waals surface area contributed by atoms with Crippen LogP contribution in [0.3, 0.4) is 0 Å². The number of hydrogen-bond donors (Lipinski definition) is 1. The maximum atomic E-state index is 13.0. The fourth-order valence-electron chi connectivity index (χ4n) is 3.18. The number of amides is 3. The summed E-state index contributed by atoms with van der Waals surface area (Å²) in [6.45, 7) is 1.20. The first-order valence-corrected chi connectivity index (χ1v) is 9.04. The highest BCUT2D eigenvalue weighted by molar-refractivity contribution is 6.07. The Hall–Kier alpha value is -3.89. The molecule has 0 aliphatic carbocycles. The van der Waals surface area contributed by atoms with Gasteiger partial charge >= 0.3 is 12.4 Å². The van der Waals surface area contributed by atoms with Gasteiger partial charge in [0.1, 0.15) is 17.8 Å². The van der Waals surface area contributed by atoms with Gasteiger partial charge < -0.3 is 14.5 Å². The molecule has 1 aliphatic rings. The molecule has 0 bridgehead atoms. The van der Waals surface area contributed by atoms with E-state index in [0.717, 1.165) is 17.0 Å². The summed E-state index contributed by atoms with van der Waals surface area (Å²) < 4.78 is 46.4. The number of alkyl halides is 3. The average Bonchev–Trinajstić information content (AvgIpc) is 3.27. The SMILES string of the molecule is CC1(c2ccc(OC(F)(F)F)cc2)NC(=O)N(Cc2nnc(-c3ccccc3)o2)C1=O. The number of ether oxygens (including phenoxy) is 1. The van der Waals surface area contributed by atoms with Crippen LogP contribution in [0.15, 0.2) is 59.0 Å². The Kier molecular flexibility index (Phi) is 4.88. The lowest BCUT2D eigenvalue weighted by Gasteiger charge is -2.22. The van der Waals surface area contributed by atoms with Crippen molar-refractivity contribution in [1.82, 2.24) is 20.4 Å². The normalized spacial score (nSPS) is 18.9. The number of imide groups is 1. The second-order valence-corrected chi connectivity index (χ2v) is 6.89. The first-order chi connectivity index (χ1) is 14.7. The topological polar surface area (TPSA) is 97.6 Å². The smallest absolute Gasteiger partial charge is 0.419 e. The lowest BCUT2D eigenvalue weighted by atomic mass is 9.92. The molecule has 1 N–H and O–H groups in total. The minimum Gasteiger partial charge on any atom is -0.419 e. The van der Waals surface area contributed by atoms with Gasteiger partial charge in [0.2, 0.25) is 11.8 Å². The lowest BCUT2D eigenvalue weighted by molar-refractivity contribution is -0.274. The molecule has 1 aromatic heterocycles. The van der Waals surface area contributed by atoms with Crippen molar-refractivity contribution >= 4 is 11.9 Å². The van der Waals surface area contributed by atoms with Crippen molar-refractivity contribution in [3.8, 4) is 17.2 Å². The van der Waals surface area contributed by atoms with Crippen molar-refractivity contribution in [3.63, 3.8) is 0 Å². The molecule has 1 fully saturated rings. The Balaban J connectivity index is 1.51. The Morgan fingerprint density at radius 2 is 1.74 bits per heavy atom. The first-order valence-electron chi connectivity index (χ1n) is 9.04. The third-order valence-corrected chi connectivity index (χ3v) is 4.72. The summed E-state index contributed by atoms with van der Waals surface area (Å²) in [7, 11) is 0. The van der Waals surface area contributed by atoms with Gasteiger partial charge in [-0.25, -0.2) is 4.79 Å². The van der Waals surface area contributed by atoms with E-state index in [9.17, 15) is 22.8 Å². The van der Waals surface area contributed by atoms with Gasteiger partial charge in [-0.2, -0.15) is 0 Å². The van der Waals surface area contributed by atoms with E-state index in [1.807, 2.05) is 6.07 Å². The van der Waals surface area contributed by atoms with Crippen LogP contribution in [0.5, 0.6) is 5.75 Å². The molecule has 4 rings (SSSR count). The third-order valence-electron chi connectivity index (χ3n) is 4.72. The van der Waals surface area contributed by atoms with Gasteiger partial charge in [0.15, 0.2) is 0 Å². The summed E-state index contributed by atoms with van der Waals surface area (Å²) in [4.78, 5) is 26.3. The molecular weight excluding hydrogens is 417 g/mol. The first kappa shape index (κ1) is 20.4. The highest BCUT2D eigenvalue weighted by Gasteiger charge is 2.49. The van der Waals surface area contributed by atoms with Gasteiger partial charge in [-0.15, -0.1) is 23.4 Å². The monoisotopic (exact) mass is 432 g/mol. The second-order valence-electron chi connectivity index (χ2n) is 6.89. The van der Waals surface area contributed by atoms with Crippen molar-refractivity contribution in [2.24, 2.45) is 0 Å². The molecule has 1 aliphatic heterocycles. The molecule has 160 valence electrons. The maximum absolute atomic E-state index is 13.0. The molecule has 8 nitrogen and oxygen atoms in total. The maximum Gasteiger partial charge on any atom is 0.573 e. The number of hydrogen-bond acceptors (Lipinski definition) is 6. The Labute approximate surface area is 173 Å². The fourth-order valence-corrected chi connectivity index (χ4v) is 3.18. The molecule has 0 spiro atoms. The van der Waals surface area contributed by atoms with Gasteiger partial charge in [-0.3, -0.25) is 9.69 Å². The van der Waals surface area contributed by atoms with Crippen molar-refractivity contribution in [2.45, 2.75) is 25.4 Å². The predicted molar refractivity (Wildman–Crippen MR) is 99.3 cm³/mol. The van der Waals surface area contributed by atoms with E-state index in [4.69, 9.17) is 4.42 Å². The number of carbonyl (C=O) groups is 2. The third kappa shape index (κ3) is 4.06. The number of carbonyl (C=O) groups excluding carboxylic acids is 2. The van der Waals surface area contributed by atoms with E-state index in [-0.39, 0.29) is 18.3 Å². The molecule has 2 heterocycles. The molecule has 1 atom stereocenters. The van der Waals surface area contributed by atoms with Crippen molar-refractivity contribution in [1.29, 1.82) is 0 Å². The van der Waals surface area contributed by atoms with Crippen LogP contribution in [0.4, 0.5) is 18.0 Å². The largest absolute Gasteiger partial charge is 0.573 e. The van der Waals surface area contributed by atoms with E-state index in [2.05, 4.69) is 20.3 Å². The molecule has 3 amide bonds. The van der Waals surface area contributed by atoms with E-state index in [1.54, 1.807) is 24.3 Å². The molecule has 1 saturated heterocycles. The van der Waals surface area contributed by atoms with Crippen LogP contribution < -0.4 is 10.1 Å². The predicted octanol–water partition coefficient (Wildman–Crippen LogP) is 3.60. The molecular formula is C20H15F3N4O4. The number of halogens is 3. The molecule has 11 heteroatoms. The standard InChI is InChI=1S/C20H15F3N4O4/c1-19(13-7-9-14(10-8-13)31-20(21,22)23)17(28)27(18(29)24-19)11-15-25-26-16(30-15)12-5-3-2-4-6-12/h2-10H,11H2,1H3,(H,24,29). The van der Waals surface area contributed by atoms with E-state index < -0.39 is 29.6 Å². The summed E-state index contributed by atoms with van der Waals surface area (Å²) in [6, 6.07) is 13.0. The van der Waals surface area contributed by atoms with Gasteiger partial charge in [-0.1, -0.05) is 30.3 Å². The molecule has 31 heavy (non-hydrogen) atoms. The Morgan fingerprint density at radius 1 is 1.06 bits per heavy atom. The fraction of sp³-hybridized carbons (Fsp3) is 0.200. The molecule has 1 unspecified atom stereocenters. The van der Waals surface area contributed by atoms with Gasteiger partial charge in [0.05, 0.1) is 0 Å². The number of urea groups is 1. The molecule has 2 aromatic carbocycles. The van der Waals surface area contributed by atoms with E-state index in [1.165, 1.54) is 19.1 Å². The summed E-state index contributed by atoms with van der Waals surface area (Å²) in [5.41, 5.74) is -0.501. The van der Waals surface area contributed by atoms with Crippen molar-refractivity contribution in [3.05, 3.63) is 66.1 Å². The number of rotatable bonds is 5. The number of benzene rings is 2. The van der Waals surface area contributed by atoms with Crippen molar-refractivity contribution < 1.29 is 31.9 Å². The lowest BCUT2D eigenvalue weighted by Crippen LogP contribution is -2.40. The summed E-state index contributed by atoms with van der Waals surface area (Å²) in [6.07, 6.45) is -4.83. The minimum atomic E-state index is -4.83. The molecule has 3 aromatic rings. The van der Waals surface area contributed by atoms with Gasteiger partial charge in [0, 0.05) is 5.56 Å². The average molecular weight is 432 g/mol. The van der Waals surface area contributed by atoms with E-state index >= 15 is 0 Å². The summed E-state index contributed by atoms with van der Waals surface area (Å²) in [5.74, 6) is -0.750. The van der Waals surface area contributed by atoms with Crippen LogP contribution in [-0.4, -0.2) is 33.4 Å². The highest BCUT2D eigenvalue weighted by atomic mass is 19.4. The van der Waals surface area contributed by atoms with Crippen LogP contribution >= 0.6 is 0 Å². The minimum absolute atomic E-state index is 0.0560. The van der Waals surface area contributed by atoms with Crippen LogP contribution in [0, 0.1) is 0 Å². The van der Waals surface area contributed by atoms with Crippen LogP contribution in [0.1, 0.15) is 18.4 Å². The van der Waals surface area contributed by atoms with Crippen LogP contribution in [-0.2, 0) is 16.9 Å². The van der Waals surface area contributed by atoms with Crippen LogP contribution in [0.25, 0.3) is 11.5 Å². The van der Waals surface area contributed by atoms with Gasteiger partial charge in [0.25, 0.3) is 5.91 Å². The Bertz CT molecular complexity index is 1120. The molecule has 0 radical (unpaired) electrons. The molecule has 0 saturated carbocycles. The van der Waals surface area contributed by atoms with Crippen molar-refractivity contribution in [2.75, 3.05) is 0 Å². The van der Waals surface area contributed by atoms with Crippen LogP contribution in [0.2, 0.25) is 0 Å². The second kappa shape index (κ2) is 7.42. The summed E-state index contributed by atoms with van der Waals surface area (Å²) >= 11 is 0. The number of nitrogens with one attached hydrogen (secondary N) is 1. The Morgan fingerprint density at radius 3 is 2.39 bits per heavy atom. The zero-order chi connectivity index (χ0) is 22.2. The number of aromatic nitrogens is 2. The highest BCUT2D eigenvalue weighted by Crippen LogP contribution is 2.32. The van der Waals surface area contributed by atoms with Gasteiger partial charge in [-0.05, 0) is 36.8 Å². The summed E-state index contributed by atoms with van der Waals surface area (Å²) in [5, 5.41) is 10.4.